The molecule has 3 heterocycles. The summed E-state index contributed by atoms with van der Waals surface area (Å²) in [5.74, 6) is 5.59. The second kappa shape index (κ2) is 10.8. The SMILES string of the molecule is Cc1ccc(C(=O)Nc2cc(OC[C@@H]3CCCN3C)cc(C(F)(F)F)c2)cc1C#Cc1cnc2nc[nH]c2c1. The minimum atomic E-state index is -4.59. The van der Waals surface area contributed by atoms with E-state index in [1.165, 1.54) is 6.07 Å². The number of pyridine rings is 1. The van der Waals surface area contributed by atoms with Gasteiger partial charge in [-0.1, -0.05) is 17.9 Å². The fourth-order valence-electron chi connectivity index (χ4n) is 4.44. The molecule has 0 radical (unpaired) electrons. The number of hydrogen-bond acceptors (Lipinski definition) is 5. The Labute approximate surface area is 223 Å². The summed E-state index contributed by atoms with van der Waals surface area (Å²) < 4.78 is 46.5. The summed E-state index contributed by atoms with van der Waals surface area (Å²) in [5.41, 5.74) is 2.84. The van der Waals surface area contributed by atoms with E-state index in [1.54, 1.807) is 30.7 Å². The number of aromatic nitrogens is 3. The predicted molar refractivity (Wildman–Crippen MR) is 142 cm³/mol. The molecule has 1 amide bonds. The summed E-state index contributed by atoms with van der Waals surface area (Å²) in [6, 6.07) is 10.2. The van der Waals surface area contributed by atoms with Gasteiger partial charge in [-0.05, 0) is 69.3 Å². The number of rotatable bonds is 5. The Morgan fingerprint density at radius 1 is 1.18 bits per heavy atom. The van der Waals surface area contributed by atoms with Crippen LogP contribution in [0.3, 0.4) is 0 Å². The molecule has 2 N–H and O–H groups in total. The number of nitrogens with zero attached hydrogens (tertiary/aromatic N) is 3. The van der Waals surface area contributed by atoms with Crippen molar-refractivity contribution in [3.63, 3.8) is 0 Å². The second-order valence-electron chi connectivity index (χ2n) is 9.56. The maximum absolute atomic E-state index is 13.6. The highest BCUT2D eigenvalue weighted by Crippen LogP contribution is 2.34. The normalized spacial score (nSPS) is 15.7. The number of H-pyrrole nitrogens is 1. The Morgan fingerprint density at radius 3 is 2.79 bits per heavy atom. The first-order chi connectivity index (χ1) is 18.7. The molecule has 1 aliphatic heterocycles. The molecular weight excluding hydrogens is 507 g/mol. The van der Waals surface area contributed by atoms with Crippen LogP contribution < -0.4 is 10.1 Å². The van der Waals surface area contributed by atoms with Gasteiger partial charge in [0, 0.05) is 40.7 Å². The zero-order valence-electron chi connectivity index (χ0n) is 21.4. The molecular formula is C29H26F3N5O2. The Balaban J connectivity index is 1.35. The number of hydrogen-bond donors (Lipinski definition) is 2. The number of carbonyl (C=O) groups is 1. The number of benzene rings is 2. The highest BCUT2D eigenvalue weighted by molar-refractivity contribution is 6.04. The van der Waals surface area contributed by atoms with Crippen LogP contribution in [0.5, 0.6) is 5.75 Å². The summed E-state index contributed by atoms with van der Waals surface area (Å²) in [6.45, 7) is 3.06. The van der Waals surface area contributed by atoms with E-state index in [0.29, 0.717) is 16.8 Å². The predicted octanol–water partition coefficient (Wildman–Crippen LogP) is 5.41. The molecule has 2 aromatic carbocycles. The average Bonchev–Trinajstić information content (AvgIpc) is 3.54. The number of halogens is 3. The first kappa shape index (κ1) is 26.3. The number of fused-ring (bicyclic) bond motifs is 1. The molecule has 4 aromatic rings. The fourth-order valence-corrected chi connectivity index (χ4v) is 4.44. The first-order valence-electron chi connectivity index (χ1n) is 12.4. The van der Waals surface area contributed by atoms with Gasteiger partial charge in [0.05, 0.1) is 17.4 Å². The zero-order chi connectivity index (χ0) is 27.6. The molecule has 39 heavy (non-hydrogen) atoms. The van der Waals surface area contributed by atoms with Crippen molar-refractivity contribution in [2.75, 3.05) is 25.5 Å². The van der Waals surface area contributed by atoms with Gasteiger partial charge in [0.2, 0.25) is 0 Å². The van der Waals surface area contributed by atoms with E-state index in [0.717, 1.165) is 42.6 Å². The lowest BCUT2D eigenvalue weighted by atomic mass is 10.0. The summed E-state index contributed by atoms with van der Waals surface area (Å²) in [4.78, 5) is 26.5. The van der Waals surface area contributed by atoms with Crippen LogP contribution in [-0.2, 0) is 6.18 Å². The number of imidazole rings is 1. The second-order valence-corrected chi connectivity index (χ2v) is 9.56. The van der Waals surface area contributed by atoms with Gasteiger partial charge in [0.25, 0.3) is 5.91 Å². The molecule has 0 aliphatic carbocycles. The number of likely N-dealkylation sites (tertiary alicyclic amines) is 1. The minimum Gasteiger partial charge on any atom is -0.492 e. The van der Waals surface area contributed by atoms with E-state index in [2.05, 4.69) is 37.0 Å². The van der Waals surface area contributed by atoms with Crippen molar-refractivity contribution in [3.8, 4) is 17.6 Å². The van der Waals surface area contributed by atoms with E-state index in [4.69, 9.17) is 4.74 Å². The van der Waals surface area contributed by atoms with Gasteiger partial charge < -0.3 is 19.9 Å². The van der Waals surface area contributed by atoms with E-state index in [1.807, 2.05) is 20.0 Å². The Morgan fingerprint density at radius 2 is 2.03 bits per heavy atom. The van der Waals surface area contributed by atoms with Gasteiger partial charge in [-0.3, -0.25) is 4.79 Å². The van der Waals surface area contributed by atoms with E-state index < -0.39 is 17.6 Å². The smallest absolute Gasteiger partial charge is 0.416 e. The third-order valence-corrected chi connectivity index (χ3v) is 6.72. The van der Waals surface area contributed by atoms with Crippen molar-refractivity contribution in [3.05, 3.63) is 82.8 Å². The molecule has 2 aromatic heterocycles. The number of ether oxygens (including phenoxy) is 1. The van der Waals surface area contributed by atoms with Crippen LogP contribution >= 0.6 is 0 Å². The third kappa shape index (κ3) is 6.21. The van der Waals surface area contributed by atoms with Gasteiger partial charge in [-0.25, -0.2) is 9.97 Å². The number of carbonyl (C=O) groups excluding carboxylic acids is 1. The van der Waals surface area contributed by atoms with Crippen molar-refractivity contribution in [2.45, 2.75) is 32.0 Å². The number of likely N-dealkylation sites (N-methyl/N-ethyl adjacent to an activating group) is 1. The third-order valence-electron chi connectivity index (χ3n) is 6.72. The molecule has 1 fully saturated rings. The molecule has 0 unspecified atom stereocenters. The lowest BCUT2D eigenvalue weighted by molar-refractivity contribution is -0.137. The van der Waals surface area contributed by atoms with Crippen molar-refractivity contribution >= 4 is 22.8 Å². The minimum absolute atomic E-state index is 0.00301. The van der Waals surface area contributed by atoms with E-state index in [-0.39, 0.29) is 29.6 Å². The zero-order valence-corrected chi connectivity index (χ0v) is 21.4. The van der Waals surface area contributed by atoms with Gasteiger partial charge in [0.1, 0.15) is 12.4 Å². The highest BCUT2D eigenvalue weighted by atomic mass is 19.4. The monoisotopic (exact) mass is 533 g/mol. The van der Waals surface area contributed by atoms with Gasteiger partial charge in [-0.2, -0.15) is 13.2 Å². The van der Waals surface area contributed by atoms with Gasteiger partial charge >= 0.3 is 6.18 Å². The number of alkyl halides is 3. The average molecular weight is 534 g/mol. The number of nitrogens with one attached hydrogen (secondary N) is 2. The summed E-state index contributed by atoms with van der Waals surface area (Å²) in [5, 5.41) is 2.59. The number of amides is 1. The van der Waals surface area contributed by atoms with Crippen molar-refractivity contribution < 1.29 is 22.7 Å². The summed E-state index contributed by atoms with van der Waals surface area (Å²) in [6.07, 6.45) is 0.512. The largest absolute Gasteiger partial charge is 0.492 e. The molecule has 0 saturated carbocycles. The Kier molecular flexibility index (Phi) is 7.26. The molecule has 7 nitrogen and oxygen atoms in total. The lowest BCUT2D eigenvalue weighted by Gasteiger charge is -2.20. The van der Waals surface area contributed by atoms with E-state index in [9.17, 15) is 18.0 Å². The topological polar surface area (TPSA) is 83.1 Å². The van der Waals surface area contributed by atoms with Crippen LogP contribution in [0.15, 0.2) is 55.0 Å². The molecule has 5 rings (SSSR count). The molecule has 200 valence electrons. The maximum atomic E-state index is 13.6. The van der Waals surface area contributed by atoms with Crippen LogP contribution in [0, 0.1) is 18.8 Å². The van der Waals surface area contributed by atoms with Crippen LogP contribution in [0.25, 0.3) is 11.2 Å². The molecule has 10 heteroatoms. The fraction of sp³-hybridized carbons (Fsp3) is 0.276. The Hall–Kier alpha value is -4.36. The summed E-state index contributed by atoms with van der Waals surface area (Å²) >= 11 is 0. The van der Waals surface area contributed by atoms with Crippen LogP contribution in [-0.4, -0.2) is 52.0 Å². The first-order valence-corrected chi connectivity index (χ1v) is 12.4. The Bertz CT molecular complexity index is 1590. The van der Waals surface area contributed by atoms with E-state index >= 15 is 0 Å². The standard InChI is InChI=1S/C29H26F3N5O2/c1-18-5-7-21(11-20(18)8-6-19-10-26-27(33-15-19)35-17-34-26)28(38)36-23-12-22(29(30,31)32)13-25(14-23)39-16-24-4-3-9-37(24)2/h5,7,10-15,17,24H,3-4,9,16H2,1-2H3,(H,36,38)(H,33,34,35)/t24-/m0/s1. The molecule has 1 atom stereocenters. The van der Waals surface area contributed by atoms with Crippen LogP contribution in [0.2, 0.25) is 0 Å². The van der Waals surface area contributed by atoms with Crippen molar-refractivity contribution in [1.82, 2.24) is 19.9 Å². The number of anilines is 1. The number of aryl methyl sites for hydroxylation is 1. The van der Waals surface area contributed by atoms with Gasteiger partial charge in [0.15, 0.2) is 5.65 Å². The maximum Gasteiger partial charge on any atom is 0.416 e. The van der Waals surface area contributed by atoms with Crippen molar-refractivity contribution in [2.24, 2.45) is 0 Å². The quantitative estimate of drug-likeness (QED) is 0.335. The molecule has 1 saturated heterocycles. The van der Waals surface area contributed by atoms with Gasteiger partial charge in [-0.15, -0.1) is 0 Å². The number of aromatic amines is 1. The lowest BCUT2D eigenvalue weighted by Crippen LogP contribution is -2.30. The summed E-state index contributed by atoms with van der Waals surface area (Å²) in [7, 11) is 1.97. The molecule has 0 spiro atoms. The van der Waals surface area contributed by atoms with Crippen LogP contribution in [0.1, 0.15) is 45.5 Å². The molecule has 1 aliphatic rings. The highest BCUT2D eigenvalue weighted by Gasteiger charge is 2.32. The van der Waals surface area contributed by atoms with Crippen LogP contribution in [0.4, 0.5) is 18.9 Å². The molecule has 0 bridgehead atoms. The van der Waals surface area contributed by atoms with Crippen molar-refractivity contribution in [1.29, 1.82) is 0 Å².